The maximum atomic E-state index is 12.7. The zero-order valence-corrected chi connectivity index (χ0v) is 19.8. The van der Waals surface area contributed by atoms with Crippen LogP contribution in [0, 0.1) is 5.92 Å². The number of hydrogen-bond acceptors (Lipinski definition) is 6. The third-order valence-electron chi connectivity index (χ3n) is 6.56. The summed E-state index contributed by atoms with van der Waals surface area (Å²) < 4.78 is 27.7. The van der Waals surface area contributed by atoms with Crippen molar-refractivity contribution in [2.24, 2.45) is 10.9 Å². The van der Waals surface area contributed by atoms with Crippen LogP contribution in [-0.2, 0) is 19.6 Å². The number of piperazine rings is 1. The van der Waals surface area contributed by atoms with Gasteiger partial charge >= 0.3 is 0 Å². The van der Waals surface area contributed by atoms with E-state index < -0.39 is 10.0 Å². The molecule has 4 rings (SSSR count). The van der Waals surface area contributed by atoms with Crippen LogP contribution in [0.4, 0.5) is 5.69 Å². The van der Waals surface area contributed by atoms with Gasteiger partial charge in [-0.15, -0.1) is 0 Å². The molecule has 0 aromatic heterocycles. The zero-order valence-electron chi connectivity index (χ0n) is 19.0. The Balaban J connectivity index is 1.26. The van der Waals surface area contributed by atoms with Gasteiger partial charge in [0.05, 0.1) is 11.4 Å². The Hall–Kier alpha value is -2.46. The lowest BCUT2D eigenvalue weighted by atomic mass is 9.88. The second-order valence-corrected chi connectivity index (χ2v) is 10.7. The number of nitrogens with zero attached hydrogens (tertiary/aromatic N) is 3. The molecule has 2 heterocycles. The highest BCUT2D eigenvalue weighted by Crippen LogP contribution is 2.26. The molecule has 2 amide bonds. The molecule has 0 unspecified atom stereocenters. The molecule has 10 heteroatoms. The average Bonchev–Trinajstić information content (AvgIpc) is 3.32. The zero-order chi connectivity index (χ0) is 23.3. The Morgan fingerprint density at radius 3 is 2.48 bits per heavy atom. The van der Waals surface area contributed by atoms with Crippen molar-refractivity contribution in [2.45, 2.75) is 49.8 Å². The monoisotopic (exact) mass is 475 g/mol. The lowest BCUT2D eigenvalue weighted by Gasteiger charge is -2.36. The number of hydrogen-bond donors (Lipinski definition) is 2. The van der Waals surface area contributed by atoms with Crippen LogP contribution in [0.3, 0.4) is 0 Å². The second-order valence-electron chi connectivity index (χ2n) is 9.05. The van der Waals surface area contributed by atoms with E-state index in [1.165, 1.54) is 18.6 Å². The van der Waals surface area contributed by atoms with Crippen LogP contribution in [-0.4, -0.2) is 75.1 Å². The van der Waals surface area contributed by atoms with Gasteiger partial charge in [0.1, 0.15) is 5.84 Å². The summed E-state index contributed by atoms with van der Waals surface area (Å²) in [5.74, 6) is 0.719. The standard InChI is InChI=1S/C23H33N5O4S/c29-22(17-27-12-14-28(15-13-27)23(30)18-6-2-1-3-7-18)25-19-8-4-9-20(16-19)33(31,32)26-21-10-5-11-24-21/h4,8-9,16,18H,1-3,5-7,10-15,17H2,(H,24,26)(H,25,29). The highest BCUT2D eigenvalue weighted by molar-refractivity contribution is 7.90. The maximum Gasteiger partial charge on any atom is 0.262 e. The van der Waals surface area contributed by atoms with E-state index in [1.54, 1.807) is 12.1 Å². The molecule has 33 heavy (non-hydrogen) atoms. The number of sulfonamides is 1. The summed E-state index contributed by atoms with van der Waals surface area (Å²) in [6.45, 7) is 3.45. The molecule has 180 valence electrons. The predicted molar refractivity (Wildman–Crippen MR) is 127 cm³/mol. The molecular formula is C23H33N5O4S. The molecule has 0 bridgehead atoms. The van der Waals surface area contributed by atoms with Gasteiger partial charge in [0, 0.05) is 50.7 Å². The van der Waals surface area contributed by atoms with Crippen LogP contribution in [0.5, 0.6) is 0 Å². The van der Waals surface area contributed by atoms with Gasteiger partial charge in [-0.05, 0) is 37.5 Å². The van der Waals surface area contributed by atoms with Crippen LogP contribution in [0.25, 0.3) is 0 Å². The van der Waals surface area contributed by atoms with E-state index in [-0.39, 0.29) is 29.2 Å². The number of carbonyl (C=O) groups excluding carboxylic acids is 2. The first-order valence-corrected chi connectivity index (χ1v) is 13.4. The third-order valence-corrected chi connectivity index (χ3v) is 7.94. The summed E-state index contributed by atoms with van der Waals surface area (Å²) in [4.78, 5) is 33.5. The molecule has 9 nitrogen and oxygen atoms in total. The number of rotatable bonds is 6. The Labute approximate surface area is 195 Å². The molecule has 0 atom stereocenters. The van der Waals surface area contributed by atoms with Gasteiger partial charge in [0.2, 0.25) is 11.8 Å². The summed E-state index contributed by atoms with van der Waals surface area (Å²) in [5.41, 5.74) is 0.433. The van der Waals surface area contributed by atoms with Gasteiger partial charge in [-0.3, -0.25) is 24.2 Å². The van der Waals surface area contributed by atoms with E-state index in [2.05, 4.69) is 15.0 Å². The fourth-order valence-corrected chi connectivity index (χ4v) is 5.85. The number of amidine groups is 1. The van der Waals surface area contributed by atoms with Crippen LogP contribution in [0.15, 0.2) is 34.2 Å². The minimum Gasteiger partial charge on any atom is -0.340 e. The summed E-state index contributed by atoms with van der Waals surface area (Å²) in [5, 5.41) is 2.80. The van der Waals surface area contributed by atoms with E-state index in [0.717, 1.165) is 32.1 Å². The van der Waals surface area contributed by atoms with E-state index >= 15 is 0 Å². The molecule has 0 spiro atoms. The fourth-order valence-electron chi connectivity index (χ4n) is 4.72. The molecule has 2 aliphatic heterocycles. The topological polar surface area (TPSA) is 111 Å². The fraction of sp³-hybridized carbons (Fsp3) is 0.609. The van der Waals surface area contributed by atoms with Crippen molar-refractivity contribution in [2.75, 3.05) is 44.6 Å². The maximum absolute atomic E-state index is 12.7. The number of amides is 2. The number of nitrogens with one attached hydrogen (secondary N) is 2. The van der Waals surface area contributed by atoms with Crippen LogP contribution in [0.2, 0.25) is 0 Å². The minimum atomic E-state index is -3.73. The van der Waals surface area contributed by atoms with E-state index in [0.29, 0.717) is 50.7 Å². The van der Waals surface area contributed by atoms with Gasteiger partial charge in [-0.2, -0.15) is 0 Å². The summed E-state index contributed by atoms with van der Waals surface area (Å²) in [7, 11) is -3.73. The Bertz CT molecular complexity index is 996. The van der Waals surface area contributed by atoms with Crippen molar-refractivity contribution in [3.63, 3.8) is 0 Å². The van der Waals surface area contributed by atoms with Crippen molar-refractivity contribution >= 4 is 33.4 Å². The lowest BCUT2D eigenvalue weighted by Crippen LogP contribution is -2.52. The number of aliphatic imine (C=N–C) groups is 1. The predicted octanol–water partition coefficient (Wildman–Crippen LogP) is 1.82. The smallest absolute Gasteiger partial charge is 0.262 e. The van der Waals surface area contributed by atoms with Crippen molar-refractivity contribution in [3.8, 4) is 0 Å². The first kappa shape index (κ1) is 23.7. The average molecular weight is 476 g/mol. The molecular weight excluding hydrogens is 442 g/mol. The Kier molecular flexibility index (Phi) is 7.64. The molecule has 3 aliphatic rings. The highest BCUT2D eigenvalue weighted by Gasteiger charge is 2.29. The Morgan fingerprint density at radius 1 is 1.03 bits per heavy atom. The van der Waals surface area contributed by atoms with Crippen molar-refractivity contribution in [1.29, 1.82) is 0 Å². The second kappa shape index (κ2) is 10.6. The SMILES string of the molecule is O=C(CN1CCN(C(=O)C2CCCCC2)CC1)Nc1cccc(S(=O)(=O)NC2=NCCC2)c1. The van der Waals surface area contributed by atoms with Crippen molar-refractivity contribution in [1.82, 2.24) is 14.5 Å². The van der Waals surface area contributed by atoms with Crippen molar-refractivity contribution < 1.29 is 18.0 Å². The normalized spacial score (nSPS) is 20.4. The van der Waals surface area contributed by atoms with Crippen molar-refractivity contribution in [3.05, 3.63) is 24.3 Å². The molecule has 1 saturated carbocycles. The van der Waals surface area contributed by atoms with Gasteiger partial charge in [-0.1, -0.05) is 25.3 Å². The quantitative estimate of drug-likeness (QED) is 0.652. The first-order valence-electron chi connectivity index (χ1n) is 11.9. The minimum absolute atomic E-state index is 0.0877. The van der Waals surface area contributed by atoms with Gasteiger partial charge in [0.25, 0.3) is 10.0 Å². The summed E-state index contributed by atoms with van der Waals surface area (Å²) in [6, 6.07) is 6.23. The van der Waals surface area contributed by atoms with Crippen LogP contribution >= 0.6 is 0 Å². The number of anilines is 1. The van der Waals surface area contributed by atoms with Gasteiger partial charge < -0.3 is 10.2 Å². The first-order chi connectivity index (χ1) is 15.9. The number of benzene rings is 1. The molecule has 2 fully saturated rings. The van der Waals surface area contributed by atoms with Crippen LogP contribution in [0.1, 0.15) is 44.9 Å². The highest BCUT2D eigenvalue weighted by atomic mass is 32.2. The molecule has 1 aromatic carbocycles. The van der Waals surface area contributed by atoms with E-state index in [1.807, 2.05) is 9.80 Å². The summed E-state index contributed by atoms with van der Waals surface area (Å²) >= 11 is 0. The largest absolute Gasteiger partial charge is 0.340 e. The van der Waals surface area contributed by atoms with Crippen LogP contribution < -0.4 is 10.0 Å². The summed E-state index contributed by atoms with van der Waals surface area (Å²) in [6.07, 6.45) is 6.98. The molecule has 1 aromatic rings. The van der Waals surface area contributed by atoms with Gasteiger partial charge in [0.15, 0.2) is 0 Å². The third kappa shape index (κ3) is 6.32. The molecule has 0 radical (unpaired) electrons. The lowest BCUT2D eigenvalue weighted by molar-refractivity contribution is -0.138. The molecule has 1 saturated heterocycles. The molecule has 1 aliphatic carbocycles. The van der Waals surface area contributed by atoms with Gasteiger partial charge in [-0.25, -0.2) is 8.42 Å². The molecule has 2 N–H and O–H groups in total. The van der Waals surface area contributed by atoms with E-state index in [4.69, 9.17) is 0 Å². The Morgan fingerprint density at radius 2 is 1.79 bits per heavy atom. The van der Waals surface area contributed by atoms with E-state index in [9.17, 15) is 18.0 Å². The number of carbonyl (C=O) groups is 2.